The molecule has 1 radical (unpaired) electrons. The van der Waals surface area contributed by atoms with Gasteiger partial charge in [0.2, 0.25) is 0 Å². The molecule has 6 rings (SSSR count). The molecule has 0 spiro atoms. The zero-order chi connectivity index (χ0) is 23.9. The lowest BCUT2D eigenvalue weighted by molar-refractivity contribution is 0.0512. The summed E-state index contributed by atoms with van der Waals surface area (Å²) in [5, 5.41) is 5.54. The quantitative estimate of drug-likeness (QED) is 0.478. The van der Waals surface area contributed by atoms with Gasteiger partial charge in [0.1, 0.15) is 29.6 Å². The fraction of sp³-hybridized carbons (Fsp3) is 0.320. The molecule has 35 heavy (non-hydrogen) atoms. The zero-order valence-corrected chi connectivity index (χ0v) is 19.3. The molecule has 5 heterocycles. The summed E-state index contributed by atoms with van der Waals surface area (Å²) >= 11 is 0. The first kappa shape index (κ1) is 21.7. The van der Waals surface area contributed by atoms with E-state index in [-0.39, 0.29) is 11.5 Å². The van der Waals surface area contributed by atoms with Crippen LogP contribution in [-0.2, 0) is 0 Å². The Hall–Kier alpha value is -3.79. The summed E-state index contributed by atoms with van der Waals surface area (Å²) in [5.74, 6) is -0.217. The van der Waals surface area contributed by atoms with E-state index in [1.165, 1.54) is 31.4 Å². The SMILES string of the molecule is COc1ccc(F)cc1C(=O)N1CCC(N2C[C](n3cc(-c4ncnc5[nH]ccc45)cn3)C2)CC1. The van der Waals surface area contributed by atoms with Crippen molar-refractivity contribution in [3.05, 3.63) is 66.6 Å². The van der Waals surface area contributed by atoms with Crippen LogP contribution in [-0.4, -0.2) is 79.8 Å². The smallest absolute Gasteiger partial charge is 0.257 e. The summed E-state index contributed by atoms with van der Waals surface area (Å²) in [4.78, 5) is 29.0. The molecule has 2 saturated heterocycles. The molecule has 2 aliphatic rings. The number of fused-ring (bicyclic) bond motifs is 1. The Morgan fingerprint density at radius 1 is 1.17 bits per heavy atom. The molecule has 0 atom stereocenters. The van der Waals surface area contributed by atoms with Crippen LogP contribution >= 0.6 is 0 Å². The van der Waals surface area contributed by atoms with Crippen molar-refractivity contribution < 1.29 is 13.9 Å². The van der Waals surface area contributed by atoms with E-state index < -0.39 is 5.82 Å². The number of rotatable bonds is 5. The molecular formula is C25H25FN7O2. The highest BCUT2D eigenvalue weighted by atomic mass is 19.1. The van der Waals surface area contributed by atoms with Gasteiger partial charge in [-0.1, -0.05) is 0 Å². The molecule has 2 aliphatic heterocycles. The Bertz CT molecular complexity index is 1370. The topological polar surface area (TPSA) is 92.2 Å². The van der Waals surface area contributed by atoms with Crippen molar-refractivity contribution in [3.8, 4) is 17.0 Å². The number of hydrogen-bond donors (Lipinski definition) is 1. The van der Waals surface area contributed by atoms with Gasteiger partial charge in [0.25, 0.3) is 5.91 Å². The second kappa shape index (κ2) is 8.77. The third-order valence-corrected chi connectivity index (χ3v) is 6.97. The van der Waals surface area contributed by atoms with Crippen LogP contribution in [0.25, 0.3) is 22.3 Å². The van der Waals surface area contributed by atoms with Crippen molar-refractivity contribution >= 4 is 16.9 Å². The Morgan fingerprint density at radius 3 is 2.80 bits per heavy atom. The second-order valence-electron chi connectivity index (χ2n) is 8.97. The molecule has 9 nitrogen and oxygen atoms in total. The predicted octanol–water partition coefficient (Wildman–Crippen LogP) is 2.97. The van der Waals surface area contributed by atoms with E-state index in [4.69, 9.17) is 4.74 Å². The molecule has 2 fully saturated rings. The third-order valence-electron chi connectivity index (χ3n) is 6.97. The Kier molecular flexibility index (Phi) is 5.44. The number of ether oxygens (including phenoxy) is 1. The van der Waals surface area contributed by atoms with Crippen LogP contribution in [0, 0.1) is 11.9 Å². The van der Waals surface area contributed by atoms with Crippen LogP contribution in [0.2, 0.25) is 0 Å². The molecule has 179 valence electrons. The second-order valence-corrected chi connectivity index (χ2v) is 8.97. The first-order chi connectivity index (χ1) is 17.1. The maximum Gasteiger partial charge on any atom is 0.257 e. The van der Waals surface area contributed by atoms with Gasteiger partial charge in [-0.05, 0) is 37.1 Å². The molecule has 0 bridgehead atoms. The Morgan fingerprint density at radius 2 is 2.00 bits per heavy atom. The van der Waals surface area contributed by atoms with Crippen LogP contribution < -0.4 is 4.74 Å². The van der Waals surface area contributed by atoms with Gasteiger partial charge >= 0.3 is 0 Å². The highest BCUT2D eigenvalue weighted by Crippen LogP contribution is 2.31. The van der Waals surface area contributed by atoms with Crippen LogP contribution in [0.1, 0.15) is 23.2 Å². The number of H-pyrrole nitrogens is 1. The first-order valence-electron chi connectivity index (χ1n) is 11.7. The predicted molar refractivity (Wildman–Crippen MR) is 127 cm³/mol. The Labute approximate surface area is 201 Å². The first-order valence-corrected chi connectivity index (χ1v) is 11.7. The highest BCUT2D eigenvalue weighted by molar-refractivity contribution is 5.97. The van der Waals surface area contributed by atoms with Crippen molar-refractivity contribution in [2.75, 3.05) is 33.3 Å². The number of benzene rings is 1. The number of amides is 1. The molecule has 3 aromatic heterocycles. The van der Waals surface area contributed by atoms with Crippen LogP contribution in [0.3, 0.4) is 0 Å². The summed E-state index contributed by atoms with van der Waals surface area (Å²) in [6.45, 7) is 2.98. The minimum atomic E-state index is -0.438. The van der Waals surface area contributed by atoms with Gasteiger partial charge in [-0.15, -0.1) is 0 Å². The largest absolute Gasteiger partial charge is 0.496 e. The summed E-state index contributed by atoms with van der Waals surface area (Å²) < 4.78 is 20.9. The number of aromatic nitrogens is 5. The van der Waals surface area contributed by atoms with E-state index in [0.717, 1.165) is 48.2 Å². The van der Waals surface area contributed by atoms with Gasteiger partial charge < -0.3 is 14.6 Å². The van der Waals surface area contributed by atoms with Crippen molar-refractivity contribution in [1.29, 1.82) is 0 Å². The third kappa shape index (κ3) is 3.93. The van der Waals surface area contributed by atoms with E-state index in [9.17, 15) is 9.18 Å². The average molecular weight is 475 g/mol. The van der Waals surface area contributed by atoms with Gasteiger partial charge in [0, 0.05) is 55.6 Å². The minimum Gasteiger partial charge on any atom is -0.496 e. The van der Waals surface area contributed by atoms with E-state index in [2.05, 4.69) is 25.0 Å². The fourth-order valence-electron chi connectivity index (χ4n) is 5.00. The average Bonchev–Trinajstić information content (AvgIpc) is 3.53. The number of halogens is 1. The van der Waals surface area contributed by atoms with Crippen molar-refractivity contribution in [2.24, 2.45) is 0 Å². The van der Waals surface area contributed by atoms with Gasteiger partial charge in [-0.2, -0.15) is 5.10 Å². The molecular weight excluding hydrogens is 449 g/mol. The molecule has 4 aromatic rings. The maximum atomic E-state index is 13.7. The van der Waals surface area contributed by atoms with Crippen molar-refractivity contribution in [1.82, 2.24) is 34.5 Å². The Balaban J connectivity index is 1.05. The molecule has 0 saturated carbocycles. The van der Waals surface area contributed by atoms with Gasteiger partial charge in [0.05, 0.1) is 24.6 Å². The molecule has 10 heteroatoms. The lowest BCUT2D eigenvalue weighted by Crippen LogP contribution is -2.56. The van der Waals surface area contributed by atoms with E-state index in [1.807, 2.05) is 29.3 Å². The summed E-state index contributed by atoms with van der Waals surface area (Å²) in [7, 11) is 1.49. The number of carbonyl (C=O) groups is 1. The molecule has 1 aromatic carbocycles. The van der Waals surface area contributed by atoms with E-state index in [1.54, 1.807) is 11.2 Å². The number of piperidine rings is 1. The van der Waals surface area contributed by atoms with Crippen molar-refractivity contribution in [3.63, 3.8) is 0 Å². The minimum absolute atomic E-state index is 0.180. The molecule has 1 amide bonds. The van der Waals surface area contributed by atoms with E-state index >= 15 is 0 Å². The highest BCUT2D eigenvalue weighted by Gasteiger charge is 2.37. The molecule has 0 unspecified atom stereocenters. The number of nitrogens with one attached hydrogen (secondary N) is 1. The summed E-state index contributed by atoms with van der Waals surface area (Å²) in [5.41, 5.74) is 2.92. The summed E-state index contributed by atoms with van der Waals surface area (Å²) in [6, 6.07) is 7.68. The normalized spacial score (nSPS) is 17.6. The lowest BCUT2D eigenvalue weighted by atomic mass is 9.97. The monoisotopic (exact) mass is 474 g/mol. The maximum absolute atomic E-state index is 13.7. The van der Waals surface area contributed by atoms with Gasteiger partial charge in [0.15, 0.2) is 0 Å². The lowest BCUT2D eigenvalue weighted by Gasteiger charge is -2.46. The number of nitrogens with zero attached hydrogens (tertiary/aromatic N) is 6. The van der Waals surface area contributed by atoms with Crippen molar-refractivity contribution in [2.45, 2.75) is 18.9 Å². The molecule has 1 N–H and O–H groups in total. The van der Waals surface area contributed by atoms with Crippen LogP contribution in [0.15, 0.2) is 49.2 Å². The standard InChI is InChI=1S/C25H25FN7O2/c1-35-22-3-2-17(26)10-21(22)25(34)31-8-5-18(6-9-31)32-13-19(14-32)33-12-16(11-30-33)23-20-4-7-27-24(20)29-15-28-23/h2-4,7,10-12,15,18H,5-6,8-9,13-14H2,1H3,(H,27,28,29). The van der Waals surface area contributed by atoms with Gasteiger partial charge in [-0.3, -0.25) is 14.4 Å². The number of hydrogen-bond acceptors (Lipinski definition) is 6. The van der Waals surface area contributed by atoms with Gasteiger partial charge in [-0.25, -0.2) is 14.4 Å². The number of carbonyl (C=O) groups excluding carboxylic acids is 1. The number of aromatic amines is 1. The van der Waals surface area contributed by atoms with E-state index in [0.29, 0.717) is 24.9 Å². The number of likely N-dealkylation sites (tertiary alicyclic amines) is 2. The fourth-order valence-corrected chi connectivity index (χ4v) is 5.00. The zero-order valence-electron chi connectivity index (χ0n) is 19.3. The van der Waals surface area contributed by atoms with Crippen LogP contribution in [0.5, 0.6) is 5.75 Å². The molecule has 0 aliphatic carbocycles. The number of methoxy groups -OCH3 is 1. The van der Waals surface area contributed by atoms with Crippen LogP contribution in [0.4, 0.5) is 4.39 Å². The summed E-state index contributed by atoms with van der Waals surface area (Å²) in [6.07, 6.45) is 9.05.